The van der Waals surface area contributed by atoms with Gasteiger partial charge in [0.25, 0.3) is 17.7 Å². The predicted molar refractivity (Wildman–Crippen MR) is 153 cm³/mol. The molecule has 7 heteroatoms. The normalized spacial score (nSPS) is 21.8. The first-order valence-electron chi connectivity index (χ1n) is 13.6. The van der Waals surface area contributed by atoms with Crippen LogP contribution in [0, 0.1) is 18.8 Å². The quantitative estimate of drug-likeness (QED) is 0.229. The summed E-state index contributed by atoms with van der Waals surface area (Å²) in [5.74, 6) is -3.91. The predicted octanol–water partition coefficient (Wildman–Crippen LogP) is 5.78. The number of aryl methyl sites for hydroxylation is 1. The SMILES string of the molecule is Cc1ccc(C(=O)CN(C(=O)c2ccc(Cl)cc2)N2C(=O)[C@H]3C4c5ccccc5C(c5ccccc54)[C@@H]3C2=O)cc1. The van der Waals surface area contributed by atoms with Crippen molar-refractivity contribution in [1.82, 2.24) is 10.0 Å². The van der Waals surface area contributed by atoms with Gasteiger partial charge in [-0.2, -0.15) is 5.01 Å². The summed E-state index contributed by atoms with van der Waals surface area (Å²) in [6, 6.07) is 29.1. The van der Waals surface area contributed by atoms with Crippen molar-refractivity contribution >= 4 is 35.1 Å². The van der Waals surface area contributed by atoms with Gasteiger partial charge in [-0.1, -0.05) is 90.0 Å². The molecule has 8 rings (SSSR count). The van der Waals surface area contributed by atoms with Gasteiger partial charge in [0.2, 0.25) is 0 Å². The zero-order valence-corrected chi connectivity index (χ0v) is 22.9. The number of rotatable bonds is 5. The molecule has 3 aliphatic carbocycles. The Labute approximate surface area is 242 Å². The van der Waals surface area contributed by atoms with Crippen LogP contribution in [0.1, 0.15) is 60.4 Å². The summed E-state index contributed by atoms with van der Waals surface area (Å²) < 4.78 is 0. The van der Waals surface area contributed by atoms with Gasteiger partial charge in [-0.05, 0) is 53.4 Å². The van der Waals surface area contributed by atoms with Crippen LogP contribution in [-0.4, -0.2) is 40.1 Å². The second-order valence-electron chi connectivity index (χ2n) is 10.9. The first kappa shape index (κ1) is 25.4. The number of hydrogen-bond donors (Lipinski definition) is 0. The lowest BCUT2D eigenvalue weighted by Crippen LogP contribution is -2.52. The van der Waals surface area contributed by atoms with Crippen molar-refractivity contribution in [2.75, 3.05) is 6.54 Å². The third kappa shape index (κ3) is 3.85. The molecule has 1 heterocycles. The summed E-state index contributed by atoms with van der Waals surface area (Å²) in [5, 5.41) is 2.43. The highest BCUT2D eigenvalue weighted by atomic mass is 35.5. The molecule has 6 nitrogen and oxygen atoms in total. The summed E-state index contributed by atoms with van der Waals surface area (Å²) >= 11 is 6.06. The molecule has 41 heavy (non-hydrogen) atoms. The van der Waals surface area contributed by atoms with Crippen LogP contribution in [0.25, 0.3) is 0 Å². The second-order valence-corrected chi connectivity index (χ2v) is 11.3. The number of imide groups is 1. The number of carbonyl (C=O) groups excluding carboxylic acids is 4. The molecule has 4 aromatic carbocycles. The van der Waals surface area contributed by atoms with Crippen LogP contribution in [0.5, 0.6) is 0 Å². The van der Waals surface area contributed by atoms with Gasteiger partial charge in [0.1, 0.15) is 6.54 Å². The molecule has 0 aromatic heterocycles. The van der Waals surface area contributed by atoms with Gasteiger partial charge in [-0.25, -0.2) is 5.01 Å². The smallest absolute Gasteiger partial charge is 0.273 e. The van der Waals surface area contributed by atoms with Crippen LogP contribution in [0.15, 0.2) is 97.1 Å². The topological polar surface area (TPSA) is 74.8 Å². The number of carbonyl (C=O) groups is 4. The van der Waals surface area contributed by atoms with Crippen LogP contribution in [0.3, 0.4) is 0 Å². The summed E-state index contributed by atoms with van der Waals surface area (Å²) in [6.07, 6.45) is 0. The number of hydrazine groups is 1. The molecule has 1 aliphatic heterocycles. The second kappa shape index (κ2) is 9.53. The molecular formula is C34H25ClN2O4. The molecule has 202 valence electrons. The average molecular weight is 561 g/mol. The monoisotopic (exact) mass is 560 g/mol. The van der Waals surface area contributed by atoms with Gasteiger partial charge in [-0.3, -0.25) is 19.2 Å². The van der Waals surface area contributed by atoms with Crippen molar-refractivity contribution in [3.63, 3.8) is 0 Å². The minimum Gasteiger partial charge on any atom is -0.292 e. The van der Waals surface area contributed by atoms with E-state index in [0.29, 0.717) is 10.6 Å². The summed E-state index contributed by atoms with van der Waals surface area (Å²) in [5.41, 5.74) is 5.73. The largest absolute Gasteiger partial charge is 0.292 e. The molecule has 1 saturated heterocycles. The standard InChI is InChI=1S/C34H25ClN2O4/c1-19-10-12-20(13-11-19)27(38)18-36(32(39)21-14-16-22(35)17-15-21)37-33(40)30-28-23-6-2-3-7-24(23)29(31(30)34(37)41)26-9-5-4-8-25(26)28/h2-17,28-31H,18H2,1H3/t28?,29?,30-,31-/m0/s1. The molecule has 0 radical (unpaired) electrons. The molecule has 4 aromatic rings. The zero-order valence-electron chi connectivity index (χ0n) is 22.2. The minimum absolute atomic E-state index is 0.219. The Hall–Kier alpha value is -4.55. The summed E-state index contributed by atoms with van der Waals surface area (Å²) in [7, 11) is 0. The number of hydrogen-bond acceptors (Lipinski definition) is 4. The molecule has 0 unspecified atom stereocenters. The third-order valence-electron chi connectivity index (χ3n) is 8.66. The molecule has 0 spiro atoms. The molecule has 3 amide bonds. The van der Waals surface area contributed by atoms with E-state index < -0.39 is 36.1 Å². The van der Waals surface area contributed by atoms with E-state index in [9.17, 15) is 19.2 Å². The van der Waals surface area contributed by atoms with Crippen molar-refractivity contribution < 1.29 is 19.2 Å². The Morgan fingerprint density at radius 1 is 0.683 bits per heavy atom. The Balaban J connectivity index is 1.33. The van der Waals surface area contributed by atoms with E-state index in [4.69, 9.17) is 11.6 Å². The van der Waals surface area contributed by atoms with E-state index in [-0.39, 0.29) is 23.2 Å². The third-order valence-corrected chi connectivity index (χ3v) is 8.91. The van der Waals surface area contributed by atoms with Gasteiger partial charge in [-0.15, -0.1) is 0 Å². The van der Waals surface area contributed by atoms with E-state index in [2.05, 4.69) is 0 Å². The lowest BCUT2D eigenvalue weighted by atomic mass is 9.55. The highest BCUT2D eigenvalue weighted by Gasteiger charge is 2.63. The van der Waals surface area contributed by atoms with Crippen LogP contribution >= 0.6 is 11.6 Å². The minimum atomic E-state index is -0.674. The number of halogens is 1. The number of benzene rings is 4. The van der Waals surface area contributed by atoms with Crippen molar-refractivity contribution in [1.29, 1.82) is 0 Å². The molecule has 1 fully saturated rings. The maximum Gasteiger partial charge on any atom is 0.273 e. The lowest BCUT2D eigenvalue weighted by molar-refractivity contribution is -0.154. The Kier molecular flexibility index (Phi) is 5.91. The van der Waals surface area contributed by atoms with E-state index in [1.165, 1.54) is 12.1 Å². The summed E-state index contributed by atoms with van der Waals surface area (Å²) in [6.45, 7) is 1.45. The molecule has 2 bridgehead atoms. The van der Waals surface area contributed by atoms with Crippen LogP contribution in [0.2, 0.25) is 5.02 Å². The highest BCUT2D eigenvalue weighted by molar-refractivity contribution is 6.30. The van der Waals surface area contributed by atoms with Crippen LogP contribution < -0.4 is 0 Å². The van der Waals surface area contributed by atoms with E-state index in [1.54, 1.807) is 24.3 Å². The van der Waals surface area contributed by atoms with Gasteiger partial charge in [0, 0.05) is 28.0 Å². The number of amides is 3. The van der Waals surface area contributed by atoms with E-state index >= 15 is 0 Å². The fraction of sp³-hybridized carbons (Fsp3) is 0.176. The van der Waals surface area contributed by atoms with Gasteiger partial charge < -0.3 is 0 Å². The highest BCUT2D eigenvalue weighted by Crippen LogP contribution is 2.61. The fourth-order valence-corrected chi connectivity index (χ4v) is 6.97. The lowest BCUT2D eigenvalue weighted by Gasteiger charge is -2.45. The van der Waals surface area contributed by atoms with Crippen molar-refractivity contribution in [2.24, 2.45) is 11.8 Å². The fourth-order valence-electron chi connectivity index (χ4n) is 6.84. The number of ketones is 1. The molecule has 2 atom stereocenters. The van der Waals surface area contributed by atoms with Crippen molar-refractivity contribution in [3.8, 4) is 0 Å². The van der Waals surface area contributed by atoms with Crippen molar-refractivity contribution in [2.45, 2.75) is 18.8 Å². The molecule has 0 saturated carbocycles. The summed E-state index contributed by atoms with van der Waals surface area (Å²) in [4.78, 5) is 56.1. The van der Waals surface area contributed by atoms with Gasteiger partial charge >= 0.3 is 0 Å². The van der Waals surface area contributed by atoms with Crippen molar-refractivity contribution in [3.05, 3.63) is 141 Å². The molecule has 4 aliphatic rings. The maximum absolute atomic E-state index is 14.3. The number of Topliss-reactive ketones (excluding diaryl/α,β-unsaturated/α-hetero) is 1. The maximum atomic E-state index is 14.3. The number of nitrogens with zero attached hydrogens (tertiary/aromatic N) is 2. The average Bonchev–Trinajstić information content (AvgIpc) is 3.26. The first-order chi connectivity index (χ1) is 19.8. The Morgan fingerprint density at radius 2 is 1.12 bits per heavy atom. The first-order valence-corrected chi connectivity index (χ1v) is 14.0. The molecular weight excluding hydrogens is 536 g/mol. The van der Waals surface area contributed by atoms with E-state index in [0.717, 1.165) is 37.8 Å². The Bertz CT molecular complexity index is 1630. The van der Waals surface area contributed by atoms with Crippen LogP contribution in [-0.2, 0) is 9.59 Å². The van der Waals surface area contributed by atoms with Gasteiger partial charge in [0.15, 0.2) is 5.78 Å². The van der Waals surface area contributed by atoms with Crippen LogP contribution in [0.4, 0.5) is 0 Å². The zero-order chi connectivity index (χ0) is 28.4. The van der Waals surface area contributed by atoms with Gasteiger partial charge in [0.05, 0.1) is 11.8 Å². The molecule has 0 N–H and O–H groups in total. The Morgan fingerprint density at radius 3 is 1.59 bits per heavy atom. The van der Waals surface area contributed by atoms with E-state index in [1.807, 2.05) is 67.6 Å².